The van der Waals surface area contributed by atoms with E-state index in [1.165, 1.54) is 0 Å². The minimum atomic E-state index is -4.45. The molecule has 18 heavy (non-hydrogen) atoms. The average Bonchev–Trinajstić information content (AvgIpc) is 2.27. The summed E-state index contributed by atoms with van der Waals surface area (Å²) in [6, 6.07) is 0.360. The van der Waals surface area contributed by atoms with Crippen molar-refractivity contribution in [3.8, 4) is 0 Å². The topological polar surface area (TPSA) is 74.2 Å². The monoisotopic (exact) mass is 261 g/mol. The van der Waals surface area contributed by atoms with Crippen LogP contribution in [0.5, 0.6) is 0 Å². The van der Waals surface area contributed by atoms with Gasteiger partial charge in [-0.05, 0) is 11.6 Å². The number of alkyl halides is 3. The van der Waals surface area contributed by atoms with Crippen molar-refractivity contribution in [2.75, 3.05) is 6.54 Å². The van der Waals surface area contributed by atoms with Crippen molar-refractivity contribution >= 4 is 6.09 Å². The summed E-state index contributed by atoms with van der Waals surface area (Å²) < 4.78 is 37.5. The first kappa shape index (κ1) is 12.6. The number of nitrogens with zero attached hydrogens (tertiary/aromatic N) is 1. The molecule has 1 aliphatic rings. The Hall–Kier alpha value is -1.83. The van der Waals surface area contributed by atoms with Gasteiger partial charge in [-0.1, -0.05) is 0 Å². The van der Waals surface area contributed by atoms with Crippen LogP contribution in [0.25, 0.3) is 0 Å². The Labute approximate surface area is 100 Å². The maximum absolute atomic E-state index is 12.5. The molecule has 8 heteroatoms. The molecule has 0 fully saturated rings. The number of pyridine rings is 1. The third-order valence-corrected chi connectivity index (χ3v) is 2.62. The predicted molar refractivity (Wildman–Crippen MR) is 54.8 cm³/mol. The van der Waals surface area contributed by atoms with E-state index in [1.807, 2.05) is 0 Å². The highest BCUT2D eigenvalue weighted by atomic mass is 19.4. The van der Waals surface area contributed by atoms with Gasteiger partial charge < -0.3 is 15.7 Å². The molecule has 0 radical (unpaired) electrons. The van der Waals surface area contributed by atoms with Gasteiger partial charge in [0.05, 0.1) is 17.3 Å². The third kappa shape index (κ3) is 2.53. The molecule has 0 saturated carbocycles. The number of aromatic nitrogens is 1. The molecule has 98 valence electrons. The average molecular weight is 261 g/mol. The summed E-state index contributed by atoms with van der Waals surface area (Å²) in [5.74, 6) is 0. The largest absolute Gasteiger partial charge is 0.465 e. The summed E-state index contributed by atoms with van der Waals surface area (Å²) in [5, 5.41) is 13.7. The molecule has 1 atom stereocenters. The van der Waals surface area contributed by atoms with Crippen molar-refractivity contribution in [3.63, 3.8) is 0 Å². The van der Waals surface area contributed by atoms with Crippen molar-refractivity contribution in [2.24, 2.45) is 0 Å². The van der Waals surface area contributed by atoms with Crippen LogP contribution in [0, 0.1) is 0 Å². The van der Waals surface area contributed by atoms with Gasteiger partial charge in [-0.15, -0.1) is 0 Å². The smallest absolute Gasteiger partial charge is 0.417 e. The molecule has 0 unspecified atom stereocenters. The number of amides is 1. The van der Waals surface area contributed by atoms with E-state index in [0.717, 1.165) is 12.3 Å². The number of halogens is 3. The van der Waals surface area contributed by atoms with Crippen LogP contribution >= 0.6 is 0 Å². The second-order valence-corrected chi connectivity index (χ2v) is 3.90. The van der Waals surface area contributed by atoms with Gasteiger partial charge in [0.15, 0.2) is 0 Å². The van der Waals surface area contributed by atoms with E-state index in [-0.39, 0.29) is 6.54 Å². The van der Waals surface area contributed by atoms with Crippen LogP contribution in [0.1, 0.15) is 22.9 Å². The molecule has 1 amide bonds. The fourth-order valence-corrected chi connectivity index (χ4v) is 1.85. The summed E-state index contributed by atoms with van der Waals surface area (Å²) in [5.41, 5.74) is -0.141. The second kappa shape index (κ2) is 4.45. The molecule has 1 aromatic heterocycles. The molecule has 2 rings (SSSR count). The Bertz CT molecular complexity index is 476. The summed E-state index contributed by atoms with van der Waals surface area (Å²) in [7, 11) is 0. The van der Waals surface area contributed by atoms with Gasteiger partial charge in [0, 0.05) is 19.3 Å². The molecular weight excluding hydrogens is 251 g/mol. The highest BCUT2D eigenvalue weighted by Gasteiger charge is 2.33. The zero-order valence-corrected chi connectivity index (χ0v) is 9.08. The van der Waals surface area contributed by atoms with Gasteiger partial charge in [0.25, 0.3) is 0 Å². The van der Waals surface area contributed by atoms with E-state index in [1.54, 1.807) is 0 Å². The molecule has 0 saturated heterocycles. The van der Waals surface area contributed by atoms with Gasteiger partial charge in [-0.25, -0.2) is 4.79 Å². The van der Waals surface area contributed by atoms with E-state index in [4.69, 9.17) is 5.11 Å². The van der Waals surface area contributed by atoms with Crippen molar-refractivity contribution in [2.45, 2.75) is 18.8 Å². The summed E-state index contributed by atoms with van der Waals surface area (Å²) in [4.78, 5) is 14.3. The van der Waals surface area contributed by atoms with E-state index >= 15 is 0 Å². The lowest BCUT2D eigenvalue weighted by Gasteiger charge is -2.25. The molecule has 1 aliphatic heterocycles. The first-order valence-electron chi connectivity index (χ1n) is 5.14. The van der Waals surface area contributed by atoms with Crippen LogP contribution in [-0.2, 0) is 12.7 Å². The van der Waals surface area contributed by atoms with Crippen molar-refractivity contribution in [1.29, 1.82) is 0 Å². The Kier molecular flexibility index (Phi) is 3.12. The standard InChI is InChI=1S/C10H10F3N3O2/c11-10(12,13)6-1-5-2-14-4-7(16-9(17)18)8(5)15-3-6/h1,3,7,14,16H,2,4H2,(H,17,18)/t7-/m1/s1. The lowest BCUT2D eigenvalue weighted by atomic mass is 10.0. The van der Waals surface area contributed by atoms with Gasteiger partial charge in [-0.3, -0.25) is 4.98 Å². The second-order valence-electron chi connectivity index (χ2n) is 3.90. The van der Waals surface area contributed by atoms with E-state index in [0.29, 0.717) is 17.8 Å². The minimum absolute atomic E-state index is 0.240. The predicted octanol–water partition coefficient (Wildman–Crippen LogP) is 1.51. The quantitative estimate of drug-likeness (QED) is 0.716. The van der Waals surface area contributed by atoms with Gasteiger partial charge in [-0.2, -0.15) is 13.2 Å². The summed E-state index contributed by atoms with van der Waals surface area (Å²) in [6.07, 6.45) is -4.97. The lowest BCUT2D eigenvalue weighted by molar-refractivity contribution is -0.137. The summed E-state index contributed by atoms with van der Waals surface area (Å²) in [6.45, 7) is 0.543. The lowest BCUT2D eigenvalue weighted by Crippen LogP contribution is -2.39. The van der Waals surface area contributed by atoms with E-state index in [2.05, 4.69) is 15.6 Å². The highest BCUT2D eigenvalue weighted by molar-refractivity contribution is 5.65. The normalized spacial score (nSPS) is 19.2. The zero-order valence-electron chi connectivity index (χ0n) is 9.08. The number of rotatable bonds is 1. The number of hydrogen-bond acceptors (Lipinski definition) is 3. The van der Waals surface area contributed by atoms with Crippen molar-refractivity contribution < 1.29 is 23.1 Å². The number of carboxylic acid groups (broad SMARTS) is 1. The van der Waals surface area contributed by atoms with E-state index in [9.17, 15) is 18.0 Å². The molecule has 0 aromatic carbocycles. The fraction of sp³-hybridized carbons (Fsp3) is 0.400. The third-order valence-electron chi connectivity index (χ3n) is 2.62. The first-order valence-corrected chi connectivity index (χ1v) is 5.14. The molecule has 0 aliphatic carbocycles. The van der Waals surface area contributed by atoms with Gasteiger partial charge in [0.2, 0.25) is 0 Å². The Balaban J connectivity index is 2.33. The number of fused-ring (bicyclic) bond motifs is 1. The molecule has 2 heterocycles. The van der Waals surface area contributed by atoms with Gasteiger partial charge >= 0.3 is 12.3 Å². The Morgan fingerprint density at radius 2 is 2.28 bits per heavy atom. The number of nitrogens with one attached hydrogen (secondary N) is 2. The molecule has 1 aromatic rings. The maximum Gasteiger partial charge on any atom is 0.417 e. The maximum atomic E-state index is 12.5. The van der Waals surface area contributed by atoms with E-state index < -0.39 is 23.9 Å². The summed E-state index contributed by atoms with van der Waals surface area (Å²) >= 11 is 0. The molecule has 3 N–H and O–H groups in total. The molecule has 5 nitrogen and oxygen atoms in total. The fourth-order valence-electron chi connectivity index (χ4n) is 1.85. The zero-order chi connectivity index (χ0) is 13.3. The SMILES string of the molecule is O=C(O)N[C@@H]1CNCc2cc(C(F)(F)F)cnc21. The minimum Gasteiger partial charge on any atom is -0.465 e. The molecular formula is C10H10F3N3O2. The first-order chi connectivity index (χ1) is 8.38. The van der Waals surface area contributed by atoms with Crippen LogP contribution in [0.15, 0.2) is 12.3 Å². The van der Waals surface area contributed by atoms with Crippen LogP contribution < -0.4 is 10.6 Å². The van der Waals surface area contributed by atoms with Gasteiger partial charge in [0.1, 0.15) is 0 Å². The number of hydrogen-bond donors (Lipinski definition) is 3. The number of carbonyl (C=O) groups is 1. The van der Waals surface area contributed by atoms with Crippen molar-refractivity contribution in [1.82, 2.24) is 15.6 Å². The molecule has 0 spiro atoms. The molecule has 0 bridgehead atoms. The van der Waals surface area contributed by atoms with Crippen LogP contribution in [-0.4, -0.2) is 22.7 Å². The van der Waals surface area contributed by atoms with Crippen molar-refractivity contribution in [3.05, 3.63) is 29.1 Å². The van der Waals surface area contributed by atoms with Crippen LogP contribution in [0.2, 0.25) is 0 Å². The highest BCUT2D eigenvalue weighted by Crippen LogP contribution is 2.31. The van der Waals surface area contributed by atoms with Crippen LogP contribution in [0.3, 0.4) is 0 Å². The Morgan fingerprint density at radius 3 is 2.89 bits per heavy atom. The van der Waals surface area contributed by atoms with Crippen LogP contribution in [0.4, 0.5) is 18.0 Å². The Morgan fingerprint density at radius 1 is 1.56 bits per heavy atom.